The molecule has 1 heterocycles. The molecule has 1 aromatic heterocycles. The van der Waals surface area contributed by atoms with E-state index in [1.54, 1.807) is 0 Å². The first-order chi connectivity index (χ1) is 19.7. The predicted octanol–water partition coefficient (Wildman–Crippen LogP) is 7.62. The maximum atomic E-state index is 6.38. The first-order valence-electron chi connectivity index (χ1n) is 14.0. The van der Waals surface area contributed by atoms with Crippen molar-refractivity contribution in [2.75, 3.05) is 26.8 Å². The zero-order valence-electron chi connectivity index (χ0n) is 24.2. The third-order valence-electron chi connectivity index (χ3n) is 6.02. The minimum absolute atomic E-state index is 0.265. The number of likely N-dealkylation sites (N-methyl/N-ethyl adjacent to an activating group) is 1. The highest BCUT2D eigenvalue weighted by atomic mass is 16.6. The van der Waals surface area contributed by atoms with Gasteiger partial charge in [0.25, 0.3) is 0 Å². The summed E-state index contributed by atoms with van der Waals surface area (Å²) in [6, 6.07) is 30.5. The second kappa shape index (κ2) is 17.7. The summed E-state index contributed by atoms with van der Waals surface area (Å²) in [4.78, 5) is 4.91. The lowest BCUT2D eigenvalue weighted by Crippen LogP contribution is -2.28. The first-order valence-corrected chi connectivity index (χ1v) is 14.0. The van der Waals surface area contributed by atoms with Gasteiger partial charge in [-0.25, -0.2) is 4.98 Å². The highest BCUT2D eigenvalue weighted by molar-refractivity contribution is 5.83. The van der Waals surface area contributed by atoms with Crippen LogP contribution in [0.2, 0.25) is 0 Å². The Morgan fingerprint density at radius 3 is 2.00 bits per heavy atom. The number of ether oxygens (including phenoxy) is 3. The van der Waals surface area contributed by atoms with E-state index >= 15 is 0 Å². The van der Waals surface area contributed by atoms with Crippen LogP contribution in [0.4, 0.5) is 0 Å². The standard InChI is InChI=1S/C33H36N2O3.C2H6/c1-3-28(15-10-20-34-2)32-19-17-29-16-18-30(21-33(29)35-32)38-31(24-36-22-26-11-6-4-7-12-26)25-37-23-27-13-8-5-9-14-27;1-2/h3-19,21,31,34H,20,22-25H2,1-2H3;1-2H3/b15-10-,28-3+;. The van der Waals surface area contributed by atoms with Gasteiger partial charge in [-0.15, -0.1) is 0 Å². The normalized spacial score (nSPS) is 11.6. The Balaban J connectivity index is 0.00000216. The fourth-order valence-electron chi connectivity index (χ4n) is 4.04. The lowest BCUT2D eigenvalue weighted by Gasteiger charge is -2.20. The summed E-state index contributed by atoms with van der Waals surface area (Å²) in [5.74, 6) is 0.742. The van der Waals surface area contributed by atoms with Gasteiger partial charge in [-0.05, 0) is 48.9 Å². The summed E-state index contributed by atoms with van der Waals surface area (Å²) >= 11 is 0. The number of benzene rings is 3. The topological polar surface area (TPSA) is 52.6 Å². The summed E-state index contributed by atoms with van der Waals surface area (Å²) in [5.41, 5.74) is 5.15. The molecule has 5 heteroatoms. The molecular formula is C35H42N2O3. The maximum Gasteiger partial charge on any atom is 0.145 e. The van der Waals surface area contributed by atoms with E-state index in [1.807, 2.05) is 82.4 Å². The summed E-state index contributed by atoms with van der Waals surface area (Å²) in [5, 5.41) is 4.19. The zero-order valence-corrected chi connectivity index (χ0v) is 24.2. The number of nitrogens with one attached hydrogen (secondary N) is 1. The highest BCUT2D eigenvalue weighted by Crippen LogP contribution is 2.24. The maximum absolute atomic E-state index is 6.38. The monoisotopic (exact) mass is 538 g/mol. The van der Waals surface area contributed by atoms with Crippen LogP contribution in [0.15, 0.2) is 109 Å². The first kappa shape index (κ1) is 30.8. The molecule has 4 aromatic rings. The summed E-state index contributed by atoms with van der Waals surface area (Å²) in [7, 11) is 1.93. The van der Waals surface area contributed by atoms with Gasteiger partial charge in [0.05, 0.1) is 37.6 Å². The van der Waals surface area contributed by atoms with Crippen LogP contribution >= 0.6 is 0 Å². The van der Waals surface area contributed by atoms with Gasteiger partial charge in [0, 0.05) is 18.0 Å². The lowest BCUT2D eigenvalue weighted by molar-refractivity contribution is -0.0156. The molecule has 210 valence electrons. The number of allylic oxidation sites excluding steroid dienone is 3. The second-order valence-corrected chi connectivity index (χ2v) is 9.00. The number of hydrogen-bond acceptors (Lipinski definition) is 5. The van der Waals surface area contributed by atoms with Crippen LogP contribution in [0.3, 0.4) is 0 Å². The van der Waals surface area contributed by atoms with Crippen molar-refractivity contribution >= 4 is 16.5 Å². The van der Waals surface area contributed by atoms with Gasteiger partial charge < -0.3 is 19.5 Å². The molecule has 0 aliphatic rings. The molecule has 0 saturated heterocycles. The average Bonchev–Trinajstić information content (AvgIpc) is 3.01. The molecule has 0 aliphatic heterocycles. The number of pyridine rings is 1. The molecular weight excluding hydrogens is 496 g/mol. The van der Waals surface area contributed by atoms with Crippen molar-refractivity contribution in [2.24, 2.45) is 0 Å². The van der Waals surface area contributed by atoms with Gasteiger partial charge in [-0.3, -0.25) is 0 Å². The van der Waals surface area contributed by atoms with Gasteiger partial charge in [0.2, 0.25) is 0 Å². The van der Waals surface area contributed by atoms with Crippen LogP contribution in [-0.2, 0) is 22.7 Å². The van der Waals surface area contributed by atoms with Gasteiger partial charge in [0.15, 0.2) is 0 Å². The molecule has 0 aliphatic carbocycles. The number of rotatable bonds is 14. The van der Waals surface area contributed by atoms with Gasteiger partial charge in [-0.2, -0.15) is 0 Å². The molecule has 0 amide bonds. The molecule has 40 heavy (non-hydrogen) atoms. The van der Waals surface area contributed by atoms with E-state index in [0.717, 1.165) is 45.6 Å². The minimum Gasteiger partial charge on any atom is -0.486 e. The molecule has 0 saturated carbocycles. The van der Waals surface area contributed by atoms with Crippen molar-refractivity contribution in [2.45, 2.75) is 40.1 Å². The molecule has 5 nitrogen and oxygen atoms in total. The van der Waals surface area contributed by atoms with E-state index < -0.39 is 0 Å². The van der Waals surface area contributed by atoms with Crippen molar-refractivity contribution < 1.29 is 14.2 Å². The fraction of sp³-hybridized carbons (Fsp3) is 0.286. The Labute approximate surface area is 239 Å². The average molecular weight is 539 g/mol. The Kier molecular flexibility index (Phi) is 13.6. The van der Waals surface area contributed by atoms with E-state index in [1.165, 1.54) is 0 Å². The quantitative estimate of drug-likeness (QED) is 0.167. The molecule has 0 bridgehead atoms. The van der Waals surface area contributed by atoms with E-state index in [2.05, 4.69) is 59.9 Å². The molecule has 0 atom stereocenters. The highest BCUT2D eigenvalue weighted by Gasteiger charge is 2.13. The van der Waals surface area contributed by atoms with E-state index in [9.17, 15) is 0 Å². The molecule has 0 radical (unpaired) electrons. The second-order valence-electron chi connectivity index (χ2n) is 9.00. The molecule has 0 spiro atoms. The van der Waals surface area contributed by atoms with Crippen LogP contribution in [-0.4, -0.2) is 37.9 Å². The number of nitrogens with zero attached hydrogens (tertiary/aromatic N) is 1. The Morgan fingerprint density at radius 1 is 0.825 bits per heavy atom. The fourth-order valence-corrected chi connectivity index (χ4v) is 4.04. The minimum atomic E-state index is -0.265. The van der Waals surface area contributed by atoms with Gasteiger partial charge >= 0.3 is 0 Å². The smallest absolute Gasteiger partial charge is 0.145 e. The lowest BCUT2D eigenvalue weighted by atomic mass is 10.1. The molecule has 0 fully saturated rings. The van der Waals surface area contributed by atoms with Crippen LogP contribution in [0, 0.1) is 0 Å². The van der Waals surface area contributed by atoms with Crippen molar-refractivity contribution in [1.29, 1.82) is 0 Å². The number of aromatic nitrogens is 1. The van der Waals surface area contributed by atoms with Crippen molar-refractivity contribution in [3.05, 3.63) is 126 Å². The SMILES string of the molecule is C/C=C(\C=C/CNC)c1ccc2ccc(OC(COCc3ccccc3)COCc3ccccc3)cc2n1.CC. The summed E-state index contributed by atoms with van der Waals surface area (Å²) < 4.78 is 18.4. The van der Waals surface area contributed by atoms with Gasteiger partial charge in [-0.1, -0.05) is 98.8 Å². The molecule has 1 N–H and O–H groups in total. The van der Waals surface area contributed by atoms with Crippen molar-refractivity contribution in [3.63, 3.8) is 0 Å². The third-order valence-corrected chi connectivity index (χ3v) is 6.02. The third kappa shape index (κ3) is 10.1. The van der Waals surface area contributed by atoms with Crippen LogP contribution in [0.1, 0.15) is 37.6 Å². The van der Waals surface area contributed by atoms with Crippen LogP contribution in [0.25, 0.3) is 16.5 Å². The Bertz CT molecular complexity index is 1280. The van der Waals surface area contributed by atoms with E-state index in [4.69, 9.17) is 19.2 Å². The molecule has 3 aromatic carbocycles. The predicted molar refractivity (Wildman–Crippen MR) is 166 cm³/mol. The van der Waals surface area contributed by atoms with E-state index in [-0.39, 0.29) is 6.10 Å². The zero-order chi connectivity index (χ0) is 28.4. The summed E-state index contributed by atoms with van der Waals surface area (Å²) in [6.45, 7) is 8.70. The Morgan fingerprint density at radius 2 is 1.43 bits per heavy atom. The molecule has 4 rings (SSSR count). The van der Waals surface area contributed by atoms with Crippen molar-refractivity contribution in [3.8, 4) is 5.75 Å². The van der Waals surface area contributed by atoms with Crippen LogP contribution in [0.5, 0.6) is 5.75 Å². The van der Waals surface area contributed by atoms with Gasteiger partial charge in [0.1, 0.15) is 11.9 Å². The van der Waals surface area contributed by atoms with E-state index in [0.29, 0.717) is 26.4 Å². The largest absolute Gasteiger partial charge is 0.486 e. The van der Waals surface area contributed by atoms with Crippen LogP contribution < -0.4 is 10.1 Å². The molecule has 0 unspecified atom stereocenters. The number of hydrogen-bond donors (Lipinski definition) is 1. The number of fused-ring (bicyclic) bond motifs is 1. The van der Waals surface area contributed by atoms with Crippen molar-refractivity contribution in [1.82, 2.24) is 10.3 Å². The summed E-state index contributed by atoms with van der Waals surface area (Å²) in [6.07, 6.45) is 6.00. The Hall–Kier alpha value is -3.77.